The van der Waals surface area contributed by atoms with Crippen molar-refractivity contribution in [3.05, 3.63) is 73.2 Å². The number of nitro benzene ring substituents is 2. The van der Waals surface area contributed by atoms with Gasteiger partial charge in [0.15, 0.2) is 4.32 Å². The third kappa shape index (κ3) is 4.67. The van der Waals surface area contributed by atoms with Crippen molar-refractivity contribution >= 4 is 69.1 Å². The minimum absolute atomic E-state index is 0.107. The van der Waals surface area contributed by atoms with Crippen LogP contribution in [0.2, 0.25) is 0 Å². The van der Waals surface area contributed by atoms with Gasteiger partial charge in [-0.2, -0.15) is 0 Å². The number of thioether (sulfide) groups is 2. The third-order valence-corrected chi connectivity index (χ3v) is 6.26. The van der Waals surface area contributed by atoms with Gasteiger partial charge >= 0.3 is 0 Å². The molecule has 0 unspecified atom stereocenters. The predicted molar refractivity (Wildman–Crippen MR) is 120 cm³/mol. The highest BCUT2D eigenvalue weighted by Crippen LogP contribution is 2.38. The van der Waals surface area contributed by atoms with E-state index >= 15 is 0 Å². The van der Waals surface area contributed by atoms with Crippen LogP contribution in [0.5, 0.6) is 0 Å². The molecule has 1 saturated heterocycles. The monoisotopic (exact) mass is 463 g/mol. The first-order chi connectivity index (χ1) is 14.3. The molecular weight excluding hydrogens is 450 g/mol. The zero-order valence-corrected chi connectivity index (χ0v) is 17.5. The summed E-state index contributed by atoms with van der Waals surface area (Å²) in [5.41, 5.74) is 0.417. The van der Waals surface area contributed by atoms with Gasteiger partial charge in [-0.25, -0.2) is 0 Å². The van der Waals surface area contributed by atoms with Crippen LogP contribution in [0.15, 0.2) is 52.3 Å². The summed E-state index contributed by atoms with van der Waals surface area (Å²) >= 11 is 7.43. The Morgan fingerprint density at radius 1 is 1.17 bits per heavy atom. The van der Waals surface area contributed by atoms with Crippen LogP contribution in [0.3, 0.4) is 0 Å². The lowest BCUT2D eigenvalue weighted by Crippen LogP contribution is -2.27. The molecule has 0 saturated carbocycles. The minimum Gasteiger partial charge on any atom is -0.396 e. The van der Waals surface area contributed by atoms with Crippen molar-refractivity contribution < 1.29 is 19.7 Å². The second kappa shape index (κ2) is 9.34. The number of carbonyl (C=O) groups is 1. The third-order valence-electron chi connectivity index (χ3n) is 3.92. The van der Waals surface area contributed by atoms with E-state index in [1.165, 1.54) is 35.2 Å². The predicted octanol–water partition coefficient (Wildman–Crippen LogP) is 3.99. The molecule has 1 fully saturated rings. The molecule has 3 rings (SSSR count). The molecule has 1 amide bonds. The van der Waals surface area contributed by atoms with Crippen molar-refractivity contribution in [2.45, 2.75) is 4.90 Å². The summed E-state index contributed by atoms with van der Waals surface area (Å²) in [6.45, 7) is -0.107. The van der Waals surface area contributed by atoms with E-state index in [2.05, 4.69) is 0 Å². The van der Waals surface area contributed by atoms with Gasteiger partial charge in [-0.15, -0.1) is 11.8 Å². The summed E-state index contributed by atoms with van der Waals surface area (Å²) in [5, 5.41) is 31.3. The van der Waals surface area contributed by atoms with Gasteiger partial charge in [-0.05, 0) is 23.8 Å². The number of non-ortho nitro benzene ring substituents is 1. The Bertz CT molecular complexity index is 1090. The van der Waals surface area contributed by atoms with Crippen LogP contribution in [-0.2, 0) is 4.79 Å². The molecule has 0 aromatic heterocycles. The fraction of sp³-hybridized carbons (Fsp3) is 0.111. The minimum atomic E-state index is -0.563. The Balaban J connectivity index is 1.92. The number of nitrogens with zero attached hydrogens (tertiary/aromatic N) is 3. The highest BCUT2D eigenvalue weighted by molar-refractivity contribution is 8.27. The van der Waals surface area contributed by atoms with Gasteiger partial charge in [-0.3, -0.25) is 29.9 Å². The van der Waals surface area contributed by atoms with E-state index in [1.54, 1.807) is 18.2 Å². The smallest absolute Gasteiger partial charge is 0.283 e. The standard InChI is InChI=1S/C18H13N3O6S3/c22-6-7-29-15-5-4-11(8-14(15)21(26)27)9-16-17(23)19(18(28)30-16)12-2-1-3-13(10-12)20(24)25/h1-5,8-10,22H,6-7H2. The van der Waals surface area contributed by atoms with E-state index < -0.39 is 15.8 Å². The molecule has 0 bridgehead atoms. The highest BCUT2D eigenvalue weighted by atomic mass is 32.2. The van der Waals surface area contributed by atoms with Crippen molar-refractivity contribution in [3.8, 4) is 0 Å². The Morgan fingerprint density at radius 3 is 2.60 bits per heavy atom. The summed E-state index contributed by atoms with van der Waals surface area (Å²) in [7, 11) is 0. The topological polar surface area (TPSA) is 127 Å². The first-order valence-corrected chi connectivity index (χ1v) is 10.6. The normalized spacial score (nSPS) is 15.1. The Labute approximate surface area is 184 Å². The van der Waals surface area contributed by atoms with E-state index in [1.807, 2.05) is 0 Å². The number of hydrogen-bond acceptors (Lipinski definition) is 9. The molecule has 154 valence electrons. The summed E-state index contributed by atoms with van der Waals surface area (Å²) in [4.78, 5) is 36.0. The van der Waals surface area contributed by atoms with E-state index in [0.29, 0.717) is 16.2 Å². The number of aliphatic hydroxyl groups is 1. The zero-order chi connectivity index (χ0) is 21.8. The van der Waals surface area contributed by atoms with E-state index in [4.69, 9.17) is 17.3 Å². The fourth-order valence-corrected chi connectivity index (χ4v) is 4.69. The number of benzene rings is 2. The van der Waals surface area contributed by atoms with Crippen molar-refractivity contribution in [3.63, 3.8) is 0 Å². The molecule has 0 radical (unpaired) electrons. The first-order valence-electron chi connectivity index (χ1n) is 8.36. The van der Waals surface area contributed by atoms with Crippen LogP contribution in [-0.4, -0.2) is 37.5 Å². The summed E-state index contributed by atoms with van der Waals surface area (Å²) in [6.07, 6.45) is 1.49. The van der Waals surface area contributed by atoms with Crippen LogP contribution < -0.4 is 4.90 Å². The number of carbonyl (C=O) groups excluding carboxylic acids is 1. The second-order valence-electron chi connectivity index (χ2n) is 5.85. The van der Waals surface area contributed by atoms with Gasteiger partial charge in [0.05, 0.1) is 31.9 Å². The van der Waals surface area contributed by atoms with Gasteiger partial charge < -0.3 is 5.11 Å². The fourth-order valence-electron chi connectivity index (χ4n) is 2.63. The number of hydrogen-bond donors (Lipinski definition) is 1. The number of nitro groups is 2. The molecule has 1 heterocycles. The van der Waals surface area contributed by atoms with Crippen molar-refractivity contribution in [2.24, 2.45) is 0 Å². The van der Waals surface area contributed by atoms with Crippen molar-refractivity contribution in [1.29, 1.82) is 0 Å². The number of rotatable bonds is 7. The Morgan fingerprint density at radius 2 is 1.93 bits per heavy atom. The van der Waals surface area contributed by atoms with E-state index in [-0.39, 0.29) is 32.9 Å². The zero-order valence-electron chi connectivity index (χ0n) is 15.1. The molecule has 2 aromatic rings. The molecule has 12 heteroatoms. The SMILES string of the molecule is O=C1C(=Cc2ccc(SCCO)c([N+](=O)[O-])c2)SC(=S)N1c1cccc([N+](=O)[O-])c1. The van der Waals surface area contributed by atoms with Crippen molar-refractivity contribution in [2.75, 3.05) is 17.3 Å². The maximum Gasteiger partial charge on any atom is 0.283 e. The van der Waals surface area contributed by atoms with Gasteiger partial charge in [0.2, 0.25) is 0 Å². The quantitative estimate of drug-likeness (QED) is 0.213. The van der Waals surface area contributed by atoms with Gasteiger partial charge in [0.1, 0.15) is 0 Å². The summed E-state index contributed by atoms with van der Waals surface area (Å²) in [6, 6.07) is 10.1. The van der Waals surface area contributed by atoms with Crippen molar-refractivity contribution in [1.82, 2.24) is 0 Å². The number of anilines is 1. The Kier molecular flexibility index (Phi) is 6.82. The van der Waals surface area contributed by atoms with E-state index in [0.717, 1.165) is 23.5 Å². The maximum atomic E-state index is 12.8. The first kappa shape index (κ1) is 21.9. The number of aliphatic hydroxyl groups excluding tert-OH is 1. The lowest BCUT2D eigenvalue weighted by atomic mass is 10.2. The second-order valence-corrected chi connectivity index (χ2v) is 8.66. The average molecular weight is 464 g/mol. The van der Waals surface area contributed by atoms with Crippen LogP contribution in [0.25, 0.3) is 6.08 Å². The molecule has 30 heavy (non-hydrogen) atoms. The van der Waals surface area contributed by atoms with Crippen LogP contribution in [0.1, 0.15) is 5.56 Å². The molecule has 0 aliphatic carbocycles. The van der Waals surface area contributed by atoms with E-state index in [9.17, 15) is 25.0 Å². The highest BCUT2D eigenvalue weighted by Gasteiger charge is 2.34. The largest absolute Gasteiger partial charge is 0.396 e. The number of amides is 1. The van der Waals surface area contributed by atoms with Gasteiger partial charge in [0.25, 0.3) is 17.3 Å². The summed E-state index contributed by atoms with van der Waals surface area (Å²) < 4.78 is 0.205. The average Bonchev–Trinajstić information content (AvgIpc) is 2.99. The van der Waals surface area contributed by atoms with Gasteiger partial charge in [-0.1, -0.05) is 36.1 Å². The molecule has 1 aliphatic rings. The van der Waals surface area contributed by atoms with Gasteiger partial charge in [0, 0.05) is 24.0 Å². The molecule has 1 N–H and O–H groups in total. The molecular formula is C18H13N3O6S3. The van der Waals surface area contributed by atoms with Crippen LogP contribution >= 0.6 is 35.7 Å². The molecule has 0 spiro atoms. The maximum absolute atomic E-state index is 12.8. The lowest BCUT2D eigenvalue weighted by Gasteiger charge is -2.13. The molecule has 2 aromatic carbocycles. The molecule has 1 aliphatic heterocycles. The Hall–Kier alpha value is -2.80. The molecule has 9 nitrogen and oxygen atoms in total. The van der Waals surface area contributed by atoms with Crippen LogP contribution in [0.4, 0.5) is 17.1 Å². The molecule has 0 atom stereocenters. The lowest BCUT2D eigenvalue weighted by molar-refractivity contribution is -0.387. The summed E-state index contributed by atoms with van der Waals surface area (Å²) in [5.74, 6) is -0.144. The number of thiocarbonyl (C=S) groups is 1. The van der Waals surface area contributed by atoms with Crippen LogP contribution in [0, 0.1) is 20.2 Å².